The molecule has 92 valence electrons. The van der Waals surface area contributed by atoms with Crippen molar-refractivity contribution < 1.29 is 0 Å². The molecule has 1 heterocycles. The molecule has 16 heavy (non-hydrogen) atoms. The molecule has 0 aliphatic rings. The maximum Gasteiger partial charge on any atom is 0.0448 e. The maximum absolute atomic E-state index is 3.44. The van der Waals surface area contributed by atoms with Gasteiger partial charge in [0.25, 0.3) is 0 Å². The highest BCUT2D eigenvalue weighted by molar-refractivity contribution is 7.98. The summed E-state index contributed by atoms with van der Waals surface area (Å²) in [5.74, 6) is 1.33. The molecule has 0 spiro atoms. The molecular formula is C13H23NS2. The fourth-order valence-electron chi connectivity index (χ4n) is 1.68. The van der Waals surface area contributed by atoms with Crippen LogP contribution in [0.3, 0.4) is 0 Å². The minimum atomic E-state index is 1.13. The molecule has 0 saturated heterocycles. The first-order chi connectivity index (χ1) is 7.93. The van der Waals surface area contributed by atoms with E-state index < -0.39 is 0 Å². The Kier molecular flexibility index (Phi) is 8.72. The first kappa shape index (κ1) is 13.9. The highest BCUT2D eigenvalue weighted by atomic mass is 32.2. The molecule has 0 fully saturated rings. The molecule has 1 aromatic rings. The first-order valence-corrected chi connectivity index (χ1v) is 8.52. The SMILES string of the molecule is CSCCCCCCCCNc1ccsc1. The molecule has 1 N–H and O–H groups in total. The zero-order valence-electron chi connectivity index (χ0n) is 10.2. The normalized spacial score (nSPS) is 10.6. The molecule has 1 rings (SSSR count). The molecule has 3 heteroatoms. The molecule has 0 bridgehead atoms. The molecule has 1 nitrogen and oxygen atoms in total. The second-order valence-electron chi connectivity index (χ2n) is 4.05. The third-order valence-electron chi connectivity index (χ3n) is 2.63. The Bertz CT molecular complexity index is 234. The fourth-order valence-corrected chi connectivity index (χ4v) is 2.78. The van der Waals surface area contributed by atoms with Crippen molar-refractivity contribution in [3.63, 3.8) is 0 Å². The minimum Gasteiger partial charge on any atom is -0.384 e. The summed E-state index contributed by atoms with van der Waals surface area (Å²) in [6.07, 6.45) is 10.5. The van der Waals surface area contributed by atoms with Crippen LogP contribution in [-0.2, 0) is 0 Å². The Morgan fingerprint density at radius 3 is 2.56 bits per heavy atom. The van der Waals surface area contributed by atoms with Crippen molar-refractivity contribution in [2.75, 3.05) is 23.9 Å². The first-order valence-electron chi connectivity index (χ1n) is 6.18. The van der Waals surface area contributed by atoms with Crippen LogP contribution in [0.25, 0.3) is 0 Å². The number of hydrogen-bond acceptors (Lipinski definition) is 3. The largest absolute Gasteiger partial charge is 0.384 e. The smallest absolute Gasteiger partial charge is 0.0448 e. The van der Waals surface area contributed by atoms with E-state index in [9.17, 15) is 0 Å². The lowest BCUT2D eigenvalue weighted by Crippen LogP contribution is -1.99. The molecular weight excluding hydrogens is 234 g/mol. The Hall–Kier alpha value is -0.150. The number of hydrogen-bond donors (Lipinski definition) is 1. The summed E-state index contributed by atoms with van der Waals surface area (Å²) in [6, 6.07) is 2.15. The van der Waals surface area contributed by atoms with Crippen LogP contribution >= 0.6 is 23.1 Å². The van der Waals surface area contributed by atoms with E-state index in [1.54, 1.807) is 11.3 Å². The van der Waals surface area contributed by atoms with Gasteiger partial charge in [0.05, 0.1) is 0 Å². The van der Waals surface area contributed by atoms with Crippen LogP contribution in [-0.4, -0.2) is 18.6 Å². The van der Waals surface area contributed by atoms with Gasteiger partial charge in [-0.2, -0.15) is 23.1 Å². The highest BCUT2D eigenvalue weighted by Crippen LogP contribution is 2.12. The van der Waals surface area contributed by atoms with Crippen LogP contribution in [0.5, 0.6) is 0 Å². The van der Waals surface area contributed by atoms with E-state index in [1.165, 1.54) is 50.0 Å². The summed E-state index contributed by atoms with van der Waals surface area (Å²) < 4.78 is 0. The van der Waals surface area contributed by atoms with Crippen molar-refractivity contribution in [3.8, 4) is 0 Å². The number of thiophene rings is 1. The Labute approximate surface area is 108 Å². The van der Waals surface area contributed by atoms with E-state index in [4.69, 9.17) is 0 Å². The van der Waals surface area contributed by atoms with Crippen molar-refractivity contribution in [1.29, 1.82) is 0 Å². The molecule has 0 amide bonds. The monoisotopic (exact) mass is 257 g/mol. The van der Waals surface area contributed by atoms with E-state index in [0.717, 1.165) is 6.54 Å². The second kappa shape index (κ2) is 10.0. The highest BCUT2D eigenvalue weighted by Gasteiger charge is 1.93. The predicted molar refractivity (Wildman–Crippen MR) is 78.9 cm³/mol. The molecule has 0 unspecified atom stereocenters. The van der Waals surface area contributed by atoms with Gasteiger partial charge < -0.3 is 5.32 Å². The van der Waals surface area contributed by atoms with Gasteiger partial charge in [-0.25, -0.2) is 0 Å². The summed E-state index contributed by atoms with van der Waals surface area (Å²) in [5, 5.41) is 7.73. The Morgan fingerprint density at radius 2 is 1.88 bits per heavy atom. The third-order valence-corrected chi connectivity index (χ3v) is 4.01. The van der Waals surface area contributed by atoms with Gasteiger partial charge >= 0.3 is 0 Å². The van der Waals surface area contributed by atoms with E-state index in [-0.39, 0.29) is 0 Å². The van der Waals surface area contributed by atoms with Gasteiger partial charge in [0.1, 0.15) is 0 Å². The predicted octanol–water partition coefficient (Wildman–Crippen LogP) is 4.86. The summed E-state index contributed by atoms with van der Waals surface area (Å²) in [4.78, 5) is 0. The maximum atomic E-state index is 3.44. The van der Waals surface area contributed by atoms with E-state index in [1.807, 2.05) is 11.8 Å². The fraction of sp³-hybridized carbons (Fsp3) is 0.692. The molecule has 0 radical (unpaired) electrons. The van der Waals surface area contributed by atoms with Crippen LogP contribution in [0.1, 0.15) is 38.5 Å². The molecule has 0 aromatic carbocycles. The van der Waals surface area contributed by atoms with Crippen LogP contribution in [0.2, 0.25) is 0 Å². The van der Waals surface area contributed by atoms with Crippen molar-refractivity contribution >= 4 is 28.8 Å². The topological polar surface area (TPSA) is 12.0 Å². The molecule has 0 aliphatic carbocycles. The molecule has 1 aromatic heterocycles. The number of rotatable bonds is 10. The van der Waals surface area contributed by atoms with Gasteiger partial charge in [-0.05, 0) is 36.3 Å². The molecule has 0 aliphatic heterocycles. The van der Waals surface area contributed by atoms with Gasteiger partial charge in [-0.15, -0.1) is 0 Å². The standard InChI is InChI=1S/C13H23NS2/c1-15-10-7-5-3-2-4-6-9-14-13-8-11-16-12-13/h8,11-12,14H,2-7,9-10H2,1H3. The van der Waals surface area contributed by atoms with E-state index >= 15 is 0 Å². The Morgan fingerprint density at radius 1 is 1.12 bits per heavy atom. The zero-order valence-corrected chi connectivity index (χ0v) is 11.8. The summed E-state index contributed by atoms with van der Waals surface area (Å²) in [6.45, 7) is 1.13. The van der Waals surface area contributed by atoms with Crippen LogP contribution in [0.15, 0.2) is 16.8 Å². The summed E-state index contributed by atoms with van der Waals surface area (Å²) >= 11 is 3.72. The van der Waals surface area contributed by atoms with Gasteiger partial charge in [-0.3, -0.25) is 0 Å². The van der Waals surface area contributed by atoms with Crippen LogP contribution < -0.4 is 5.32 Å². The van der Waals surface area contributed by atoms with Crippen molar-refractivity contribution in [3.05, 3.63) is 16.8 Å². The lowest BCUT2D eigenvalue weighted by atomic mass is 10.1. The average Bonchev–Trinajstić information content (AvgIpc) is 2.80. The number of anilines is 1. The summed E-state index contributed by atoms with van der Waals surface area (Å²) in [5.41, 5.74) is 1.28. The third kappa shape index (κ3) is 7.18. The van der Waals surface area contributed by atoms with Crippen molar-refractivity contribution in [2.45, 2.75) is 38.5 Å². The Balaban J connectivity index is 1.78. The quantitative estimate of drug-likeness (QED) is 0.601. The summed E-state index contributed by atoms with van der Waals surface area (Å²) in [7, 11) is 0. The van der Waals surface area contributed by atoms with Crippen LogP contribution in [0, 0.1) is 0 Å². The lowest BCUT2D eigenvalue weighted by molar-refractivity contribution is 0.619. The number of unbranched alkanes of at least 4 members (excludes halogenated alkanes) is 5. The number of nitrogens with one attached hydrogen (secondary N) is 1. The van der Waals surface area contributed by atoms with E-state index in [0.29, 0.717) is 0 Å². The lowest BCUT2D eigenvalue weighted by Gasteiger charge is -2.03. The van der Waals surface area contributed by atoms with Gasteiger partial charge in [0.15, 0.2) is 0 Å². The average molecular weight is 257 g/mol. The van der Waals surface area contributed by atoms with Gasteiger partial charge in [-0.1, -0.05) is 25.7 Å². The van der Waals surface area contributed by atoms with Crippen molar-refractivity contribution in [1.82, 2.24) is 0 Å². The second-order valence-corrected chi connectivity index (χ2v) is 5.82. The van der Waals surface area contributed by atoms with Crippen LogP contribution in [0.4, 0.5) is 5.69 Å². The molecule has 0 saturated carbocycles. The number of thioether (sulfide) groups is 1. The zero-order chi connectivity index (χ0) is 11.5. The van der Waals surface area contributed by atoms with Crippen molar-refractivity contribution in [2.24, 2.45) is 0 Å². The van der Waals surface area contributed by atoms with Gasteiger partial charge in [0.2, 0.25) is 0 Å². The molecule has 0 atom stereocenters. The minimum absolute atomic E-state index is 1.13. The van der Waals surface area contributed by atoms with E-state index in [2.05, 4.69) is 28.4 Å². The van der Waals surface area contributed by atoms with Gasteiger partial charge in [0, 0.05) is 17.6 Å².